The van der Waals surface area contributed by atoms with E-state index in [1.807, 2.05) is 39.2 Å². The number of esters is 1. The van der Waals surface area contributed by atoms with Crippen LogP contribution in [0.5, 0.6) is 0 Å². The molecule has 1 aromatic heterocycles. The number of nitrogens with one attached hydrogen (secondary N) is 2. The molecule has 1 heterocycles. The van der Waals surface area contributed by atoms with Crippen molar-refractivity contribution in [2.45, 2.75) is 13.8 Å². The fourth-order valence-corrected chi connectivity index (χ4v) is 2.15. The van der Waals surface area contributed by atoms with Gasteiger partial charge in [-0.2, -0.15) is 4.98 Å². The van der Waals surface area contributed by atoms with Crippen LogP contribution in [0.4, 0.5) is 17.5 Å². The predicted octanol–water partition coefficient (Wildman–Crippen LogP) is 2.68. The van der Waals surface area contributed by atoms with Gasteiger partial charge in [-0.25, -0.2) is 9.78 Å². The summed E-state index contributed by atoms with van der Waals surface area (Å²) in [5.41, 5.74) is 2.23. The van der Waals surface area contributed by atoms with Crippen molar-refractivity contribution in [1.82, 2.24) is 14.9 Å². The number of anilines is 3. The van der Waals surface area contributed by atoms with E-state index < -0.39 is 0 Å². The number of carbonyl (C=O) groups excluding carboxylic acids is 1. The van der Waals surface area contributed by atoms with Crippen LogP contribution >= 0.6 is 0 Å². The van der Waals surface area contributed by atoms with Gasteiger partial charge in [-0.15, -0.1) is 0 Å². The number of nitrogens with zero attached hydrogens (tertiary/aromatic N) is 3. The third-order valence-electron chi connectivity index (χ3n) is 3.36. The van der Waals surface area contributed by atoms with Crippen LogP contribution in [0.15, 0.2) is 30.3 Å². The lowest BCUT2D eigenvalue weighted by Crippen LogP contribution is -2.21. The summed E-state index contributed by atoms with van der Waals surface area (Å²) in [6, 6.07) is 8.97. The lowest BCUT2D eigenvalue weighted by molar-refractivity contribution is 0.0526. The maximum atomic E-state index is 11.7. The van der Waals surface area contributed by atoms with Crippen LogP contribution < -0.4 is 10.6 Å². The van der Waals surface area contributed by atoms with Crippen molar-refractivity contribution in [2.24, 2.45) is 0 Å². The summed E-state index contributed by atoms with van der Waals surface area (Å²) in [5.74, 6) is 0.968. The Morgan fingerprint density at radius 1 is 1.20 bits per heavy atom. The van der Waals surface area contributed by atoms with Gasteiger partial charge in [0.15, 0.2) is 0 Å². The van der Waals surface area contributed by atoms with Gasteiger partial charge in [-0.1, -0.05) is 0 Å². The molecule has 0 fully saturated rings. The van der Waals surface area contributed by atoms with Gasteiger partial charge < -0.3 is 20.3 Å². The summed E-state index contributed by atoms with van der Waals surface area (Å²) in [5, 5.41) is 6.44. The molecule has 7 nitrogen and oxygen atoms in total. The van der Waals surface area contributed by atoms with Crippen molar-refractivity contribution < 1.29 is 9.53 Å². The summed E-state index contributed by atoms with van der Waals surface area (Å²) in [6.45, 7) is 5.74. The molecule has 0 amide bonds. The Morgan fingerprint density at radius 3 is 2.56 bits per heavy atom. The number of hydrogen-bond acceptors (Lipinski definition) is 7. The van der Waals surface area contributed by atoms with Gasteiger partial charge in [0.05, 0.1) is 12.2 Å². The zero-order valence-corrected chi connectivity index (χ0v) is 15.2. The molecule has 0 unspecified atom stereocenters. The molecule has 0 bridgehead atoms. The van der Waals surface area contributed by atoms with E-state index in [4.69, 9.17) is 4.74 Å². The second-order valence-electron chi connectivity index (χ2n) is 5.87. The van der Waals surface area contributed by atoms with Crippen molar-refractivity contribution in [1.29, 1.82) is 0 Å². The van der Waals surface area contributed by atoms with Crippen molar-refractivity contribution in [3.8, 4) is 0 Å². The first-order valence-corrected chi connectivity index (χ1v) is 8.26. The molecule has 7 heteroatoms. The van der Waals surface area contributed by atoms with Crippen LogP contribution in [0, 0.1) is 6.92 Å². The molecule has 1 aromatic carbocycles. The number of hydrogen-bond donors (Lipinski definition) is 2. The third kappa shape index (κ3) is 6.04. The molecule has 2 aromatic rings. The molecule has 0 saturated carbocycles. The SMILES string of the molecule is CCOC(=O)c1ccc(Nc2cc(C)nc(NCCN(C)C)n2)cc1. The van der Waals surface area contributed by atoms with Crippen LogP contribution in [-0.4, -0.2) is 54.6 Å². The Bertz CT molecular complexity index is 701. The Morgan fingerprint density at radius 2 is 1.92 bits per heavy atom. The van der Waals surface area contributed by atoms with E-state index in [9.17, 15) is 4.79 Å². The van der Waals surface area contributed by atoms with E-state index in [0.717, 1.165) is 24.5 Å². The highest BCUT2D eigenvalue weighted by Gasteiger charge is 2.07. The average molecular weight is 343 g/mol. The molecule has 134 valence electrons. The normalized spacial score (nSPS) is 10.6. The predicted molar refractivity (Wildman–Crippen MR) is 99.5 cm³/mol. The van der Waals surface area contributed by atoms with Gasteiger partial charge in [0.25, 0.3) is 0 Å². The fourth-order valence-electron chi connectivity index (χ4n) is 2.15. The van der Waals surface area contributed by atoms with Gasteiger partial charge in [0.2, 0.25) is 5.95 Å². The number of carbonyl (C=O) groups is 1. The van der Waals surface area contributed by atoms with Crippen LogP contribution in [-0.2, 0) is 4.74 Å². The quantitative estimate of drug-likeness (QED) is 0.713. The number of likely N-dealkylation sites (N-methyl/N-ethyl adjacent to an activating group) is 1. The van der Waals surface area contributed by atoms with Gasteiger partial charge in [-0.3, -0.25) is 0 Å². The highest BCUT2D eigenvalue weighted by atomic mass is 16.5. The summed E-state index contributed by atoms with van der Waals surface area (Å²) < 4.78 is 4.98. The summed E-state index contributed by atoms with van der Waals surface area (Å²) >= 11 is 0. The molecule has 2 rings (SSSR count). The number of ether oxygens (including phenoxy) is 1. The molecule has 0 saturated heterocycles. The minimum atomic E-state index is -0.320. The maximum Gasteiger partial charge on any atom is 0.338 e. The van der Waals surface area contributed by atoms with Crippen LogP contribution in [0.3, 0.4) is 0 Å². The highest BCUT2D eigenvalue weighted by molar-refractivity contribution is 5.89. The zero-order chi connectivity index (χ0) is 18.2. The van der Waals surface area contributed by atoms with Crippen LogP contribution in [0.25, 0.3) is 0 Å². The van der Waals surface area contributed by atoms with E-state index in [0.29, 0.717) is 23.9 Å². The number of benzene rings is 1. The highest BCUT2D eigenvalue weighted by Crippen LogP contribution is 2.17. The molecular formula is C18H25N5O2. The van der Waals surface area contributed by atoms with Crippen molar-refractivity contribution in [3.05, 3.63) is 41.6 Å². The maximum absolute atomic E-state index is 11.7. The second-order valence-corrected chi connectivity index (χ2v) is 5.87. The van der Waals surface area contributed by atoms with Gasteiger partial charge in [0.1, 0.15) is 5.82 Å². The molecule has 0 aliphatic heterocycles. The standard InChI is InChI=1S/C18H25N5O2/c1-5-25-17(24)14-6-8-15(9-7-14)21-16-12-13(2)20-18(22-16)19-10-11-23(3)4/h6-9,12H,5,10-11H2,1-4H3,(H2,19,20,21,22). The van der Waals surface area contributed by atoms with E-state index >= 15 is 0 Å². The minimum absolute atomic E-state index is 0.320. The minimum Gasteiger partial charge on any atom is -0.462 e. The van der Waals surface area contributed by atoms with E-state index in [-0.39, 0.29) is 5.97 Å². The molecular weight excluding hydrogens is 318 g/mol. The second kappa shape index (κ2) is 8.98. The lowest BCUT2D eigenvalue weighted by Gasteiger charge is -2.12. The molecule has 0 atom stereocenters. The van der Waals surface area contributed by atoms with Crippen molar-refractivity contribution >= 4 is 23.4 Å². The molecule has 2 N–H and O–H groups in total. The Hall–Kier alpha value is -2.67. The van der Waals surface area contributed by atoms with E-state index in [2.05, 4.69) is 25.5 Å². The average Bonchev–Trinajstić information content (AvgIpc) is 2.55. The number of aromatic nitrogens is 2. The molecule has 0 spiro atoms. The largest absolute Gasteiger partial charge is 0.462 e. The molecule has 0 aliphatic carbocycles. The van der Waals surface area contributed by atoms with Gasteiger partial charge in [-0.05, 0) is 52.2 Å². The first-order chi connectivity index (χ1) is 12.0. The van der Waals surface area contributed by atoms with Crippen molar-refractivity contribution in [3.63, 3.8) is 0 Å². The van der Waals surface area contributed by atoms with Crippen LogP contribution in [0.2, 0.25) is 0 Å². The van der Waals surface area contributed by atoms with E-state index in [1.54, 1.807) is 19.1 Å². The van der Waals surface area contributed by atoms with Crippen molar-refractivity contribution in [2.75, 3.05) is 44.4 Å². The Balaban J connectivity index is 2.04. The van der Waals surface area contributed by atoms with Gasteiger partial charge in [0, 0.05) is 30.5 Å². The molecule has 0 radical (unpaired) electrons. The first kappa shape index (κ1) is 18.7. The Labute approximate surface area is 148 Å². The topological polar surface area (TPSA) is 79.4 Å². The Kier molecular flexibility index (Phi) is 6.71. The summed E-state index contributed by atoms with van der Waals surface area (Å²) in [4.78, 5) is 22.6. The first-order valence-electron chi connectivity index (χ1n) is 8.26. The molecule has 25 heavy (non-hydrogen) atoms. The summed E-state index contributed by atoms with van der Waals surface area (Å²) in [7, 11) is 4.04. The van der Waals surface area contributed by atoms with Gasteiger partial charge >= 0.3 is 5.97 Å². The monoisotopic (exact) mass is 343 g/mol. The number of aryl methyl sites for hydroxylation is 1. The summed E-state index contributed by atoms with van der Waals surface area (Å²) in [6.07, 6.45) is 0. The molecule has 0 aliphatic rings. The lowest BCUT2D eigenvalue weighted by atomic mass is 10.2. The number of rotatable bonds is 8. The zero-order valence-electron chi connectivity index (χ0n) is 15.2. The smallest absolute Gasteiger partial charge is 0.338 e. The van der Waals surface area contributed by atoms with Crippen LogP contribution in [0.1, 0.15) is 23.0 Å². The van der Waals surface area contributed by atoms with E-state index in [1.165, 1.54) is 0 Å². The third-order valence-corrected chi connectivity index (χ3v) is 3.36. The fraction of sp³-hybridized carbons (Fsp3) is 0.389.